The molecule has 38 heavy (non-hydrogen) atoms. The van der Waals surface area contributed by atoms with Crippen LogP contribution in [0.25, 0.3) is 43.8 Å². The van der Waals surface area contributed by atoms with Gasteiger partial charge in [-0.25, -0.2) is 4.98 Å². The number of benzene rings is 3. The number of aromatic nitrogens is 2. The van der Waals surface area contributed by atoms with E-state index >= 15 is 0 Å². The van der Waals surface area contributed by atoms with Crippen LogP contribution in [0.1, 0.15) is 65.5 Å². The first-order valence-electron chi connectivity index (χ1n) is 13.8. The largest absolute Gasteiger partial charge is 0.496 e. The lowest BCUT2D eigenvalue weighted by Gasteiger charge is -2.32. The quantitative estimate of drug-likeness (QED) is 0.192. The van der Waals surface area contributed by atoms with Crippen molar-refractivity contribution in [1.29, 1.82) is 0 Å². The van der Waals surface area contributed by atoms with Crippen LogP contribution in [-0.4, -0.2) is 28.3 Å². The molecule has 7 rings (SSSR count). The predicted octanol–water partition coefficient (Wildman–Crippen LogP) is 7.32. The van der Waals surface area contributed by atoms with Gasteiger partial charge in [0.1, 0.15) is 0 Å². The zero-order valence-electron chi connectivity index (χ0n) is 23.1. The summed E-state index contributed by atoms with van der Waals surface area (Å²) in [6.07, 6.45) is 3.87. The first-order chi connectivity index (χ1) is 18.2. The van der Waals surface area contributed by atoms with E-state index in [4.69, 9.17) is 19.3 Å². The zero-order valence-corrected chi connectivity index (χ0v) is 23.1. The fourth-order valence-corrected chi connectivity index (χ4v) is 6.65. The van der Waals surface area contributed by atoms with E-state index in [9.17, 15) is 0 Å². The SMILES string of the molecule is CCC1(CC)c2cc(B3OC(C)(C)C(C)(C)O3)cnc2-c2nc3c4ccccc4c4ccccc4c3cc21. The molecule has 3 aromatic carbocycles. The second-order valence-electron chi connectivity index (χ2n) is 11.9. The minimum Gasteiger partial charge on any atom is -0.399 e. The third-order valence-electron chi connectivity index (χ3n) is 9.61. The van der Waals surface area contributed by atoms with E-state index in [0.29, 0.717) is 0 Å². The Morgan fingerprint density at radius 1 is 0.684 bits per heavy atom. The van der Waals surface area contributed by atoms with Gasteiger partial charge in [0, 0.05) is 27.8 Å². The standard InChI is InChI=1S/C33H33BN2O2/c1-7-33(8-2)26-17-20(34-37-31(3,4)32(5,6)38-34)19-35-29(26)30-27(33)18-25-23-15-10-9-13-21(23)22-14-11-12-16-24(22)28(25)36-30/h9-19H,7-8H2,1-6H3. The number of rotatable bonds is 3. The van der Waals surface area contributed by atoms with E-state index in [1.165, 1.54) is 38.1 Å². The molecule has 5 heteroatoms. The van der Waals surface area contributed by atoms with Gasteiger partial charge in [0.2, 0.25) is 0 Å². The molecule has 4 nitrogen and oxygen atoms in total. The van der Waals surface area contributed by atoms with Crippen LogP contribution in [0.5, 0.6) is 0 Å². The lowest BCUT2D eigenvalue weighted by molar-refractivity contribution is 0.00578. The molecular weight excluding hydrogens is 467 g/mol. The normalized spacial score (nSPS) is 18.8. The first-order valence-corrected chi connectivity index (χ1v) is 13.8. The highest BCUT2D eigenvalue weighted by molar-refractivity contribution is 6.62. The van der Waals surface area contributed by atoms with Gasteiger partial charge in [-0.3, -0.25) is 4.98 Å². The molecule has 1 fully saturated rings. The lowest BCUT2D eigenvalue weighted by atomic mass is 9.71. The van der Waals surface area contributed by atoms with E-state index in [1.54, 1.807) is 0 Å². The summed E-state index contributed by atoms with van der Waals surface area (Å²) in [5.74, 6) is 0. The third kappa shape index (κ3) is 3.00. The molecule has 3 heterocycles. The zero-order chi connectivity index (χ0) is 26.4. The van der Waals surface area contributed by atoms with Crippen molar-refractivity contribution < 1.29 is 9.31 Å². The van der Waals surface area contributed by atoms with E-state index in [1.807, 2.05) is 6.20 Å². The molecule has 2 aliphatic rings. The maximum atomic E-state index is 6.40. The maximum absolute atomic E-state index is 6.40. The summed E-state index contributed by atoms with van der Waals surface area (Å²) in [4.78, 5) is 10.5. The topological polar surface area (TPSA) is 44.2 Å². The van der Waals surface area contributed by atoms with Gasteiger partial charge < -0.3 is 9.31 Å². The second kappa shape index (κ2) is 7.87. The number of nitrogens with zero attached hydrogens (tertiary/aromatic N) is 2. The minimum atomic E-state index is -0.437. The molecule has 1 saturated heterocycles. The van der Waals surface area contributed by atoms with Crippen LogP contribution < -0.4 is 5.46 Å². The fourth-order valence-electron chi connectivity index (χ4n) is 6.65. The summed E-state index contributed by atoms with van der Waals surface area (Å²) in [5, 5.41) is 6.16. The lowest BCUT2D eigenvalue weighted by Crippen LogP contribution is -2.41. The number of hydrogen-bond acceptors (Lipinski definition) is 4. The van der Waals surface area contributed by atoms with Crippen LogP contribution in [0.15, 0.2) is 66.9 Å². The molecule has 0 spiro atoms. The summed E-state index contributed by atoms with van der Waals surface area (Å²) in [7, 11) is -0.437. The Balaban J connectivity index is 1.50. The fraction of sp³-hybridized carbons (Fsp3) is 0.333. The van der Waals surface area contributed by atoms with Crippen LogP contribution in [0.4, 0.5) is 0 Å². The number of pyridine rings is 2. The minimum absolute atomic E-state index is 0.161. The Hall–Kier alpha value is -3.28. The molecule has 0 unspecified atom stereocenters. The Labute approximate surface area is 224 Å². The van der Waals surface area contributed by atoms with Crippen molar-refractivity contribution in [3.63, 3.8) is 0 Å². The Morgan fingerprint density at radius 3 is 1.82 bits per heavy atom. The average molecular weight is 500 g/mol. The van der Waals surface area contributed by atoms with Crippen molar-refractivity contribution in [2.24, 2.45) is 0 Å². The third-order valence-corrected chi connectivity index (χ3v) is 9.61. The Morgan fingerprint density at radius 2 is 1.21 bits per heavy atom. The van der Waals surface area contributed by atoms with Crippen LogP contribution >= 0.6 is 0 Å². The second-order valence-corrected chi connectivity index (χ2v) is 11.9. The summed E-state index contributed by atoms with van der Waals surface area (Å²) in [6, 6.07) is 22.0. The predicted molar refractivity (Wildman–Crippen MR) is 157 cm³/mol. The van der Waals surface area contributed by atoms with Crippen LogP contribution in [0.2, 0.25) is 0 Å². The van der Waals surface area contributed by atoms with Gasteiger partial charge in [-0.1, -0.05) is 68.4 Å². The van der Waals surface area contributed by atoms with E-state index in [2.05, 4.69) is 102 Å². The molecule has 1 aliphatic heterocycles. The monoisotopic (exact) mass is 500 g/mol. The molecule has 0 amide bonds. The summed E-state index contributed by atoms with van der Waals surface area (Å²) >= 11 is 0. The molecule has 1 aliphatic carbocycles. The summed E-state index contributed by atoms with van der Waals surface area (Å²) < 4.78 is 12.8. The smallest absolute Gasteiger partial charge is 0.399 e. The molecule has 190 valence electrons. The Kier molecular flexibility index (Phi) is 4.93. The van der Waals surface area contributed by atoms with Gasteiger partial charge in [0.15, 0.2) is 0 Å². The van der Waals surface area contributed by atoms with Gasteiger partial charge in [-0.2, -0.15) is 0 Å². The van der Waals surface area contributed by atoms with Crippen LogP contribution in [0, 0.1) is 0 Å². The van der Waals surface area contributed by atoms with E-state index < -0.39 is 18.3 Å². The van der Waals surface area contributed by atoms with Crippen LogP contribution in [0.3, 0.4) is 0 Å². The van der Waals surface area contributed by atoms with Gasteiger partial charge in [0.25, 0.3) is 0 Å². The van der Waals surface area contributed by atoms with Gasteiger partial charge in [0.05, 0.1) is 28.1 Å². The first kappa shape index (κ1) is 23.8. The van der Waals surface area contributed by atoms with Crippen molar-refractivity contribution in [3.05, 3.63) is 78.0 Å². The van der Waals surface area contributed by atoms with Crippen molar-refractivity contribution in [2.75, 3.05) is 0 Å². The highest BCUT2D eigenvalue weighted by Gasteiger charge is 2.52. The van der Waals surface area contributed by atoms with Crippen molar-refractivity contribution >= 4 is 45.0 Å². The molecular formula is C33H33BN2O2. The Bertz CT molecular complexity index is 1750. The average Bonchev–Trinajstić information content (AvgIpc) is 3.33. The number of hydrogen-bond donors (Lipinski definition) is 0. The number of fused-ring (bicyclic) bond motifs is 9. The molecule has 5 aromatic rings. The highest BCUT2D eigenvalue weighted by atomic mass is 16.7. The van der Waals surface area contributed by atoms with E-state index in [0.717, 1.165) is 35.2 Å². The molecule has 0 saturated carbocycles. The van der Waals surface area contributed by atoms with Crippen molar-refractivity contribution in [3.8, 4) is 11.4 Å². The van der Waals surface area contributed by atoms with Crippen molar-refractivity contribution in [1.82, 2.24) is 9.97 Å². The van der Waals surface area contributed by atoms with Crippen molar-refractivity contribution in [2.45, 2.75) is 71.0 Å². The summed E-state index contributed by atoms with van der Waals surface area (Å²) in [5.41, 5.74) is 5.59. The van der Waals surface area contributed by atoms with Gasteiger partial charge in [-0.15, -0.1) is 0 Å². The molecule has 0 radical (unpaired) electrons. The maximum Gasteiger partial charge on any atom is 0.496 e. The van der Waals surface area contributed by atoms with Gasteiger partial charge in [-0.05, 0) is 73.9 Å². The summed E-state index contributed by atoms with van der Waals surface area (Å²) in [6.45, 7) is 12.9. The highest BCUT2D eigenvalue weighted by Crippen LogP contribution is 2.52. The molecule has 0 bridgehead atoms. The van der Waals surface area contributed by atoms with Crippen LogP contribution in [-0.2, 0) is 14.7 Å². The van der Waals surface area contributed by atoms with Gasteiger partial charge >= 0.3 is 7.12 Å². The van der Waals surface area contributed by atoms with E-state index in [-0.39, 0.29) is 5.41 Å². The molecule has 0 N–H and O–H groups in total. The molecule has 0 atom stereocenters. The molecule has 2 aromatic heterocycles.